The van der Waals surface area contributed by atoms with Gasteiger partial charge in [-0.2, -0.15) is 0 Å². The topological polar surface area (TPSA) is 43.2 Å². The van der Waals surface area contributed by atoms with Gasteiger partial charge in [0.2, 0.25) is 0 Å². The van der Waals surface area contributed by atoms with E-state index in [-0.39, 0.29) is 23.1 Å². The van der Waals surface area contributed by atoms with E-state index in [9.17, 15) is 0 Å². The van der Waals surface area contributed by atoms with Gasteiger partial charge in [0, 0.05) is 0 Å². The van der Waals surface area contributed by atoms with Crippen LogP contribution in [-0.4, -0.2) is 44.3 Å². The Labute approximate surface area is 225 Å². The maximum atomic E-state index is 5.12. The normalized spacial score (nSPS) is 29.6. The van der Waals surface area contributed by atoms with Crippen LogP contribution in [0.4, 0.5) is 5.69 Å². The van der Waals surface area contributed by atoms with E-state index in [1.54, 1.807) is 0 Å². The monoisotopic (exact) mass is 698 g/mol. The van der Waals surface area contributed by atoms with Crippen molar-refractivity contribution < 1.29 is 17.2 Å². The number of halogens is 2. The summed E-state index contributed by atoms with van der Waals surface area (Å²) in [4.78, 5) is 12.4. The number of allylic oxidation sites excluding steroid dienone is 2. The number of dihydropyridines is 1. The summed E-state index contributed by atoms with van der Waals surface area (Å²) in [6.45, 7) is 13.1. The van der Waals surface area contributed by atoms with E-state index in [2.05, 4.69) is 99.4 Å². The van der Waals surface area contributed by atoms with Crippen molar-refractivity contribution in [3.63, 3.8) is 0 Å². The molecule has 4 unspecified atom stereocenters. The fraction of sp³-hybridized carbons (Fsp3) is 0.385. The van der Waals surface area contributed by atoms with Crippen molar-refractivity contribution in [2.24, 2.45) is 21.8 Å². The second-order valence-corrected chi connectivity index (χ2v) is 14.2. The van der Waals surface area contributed by atoms with E-state index in [1.165, 1.54) is 23.0 Å². The minimum atomic E-state index is 0.0128. The van der Waals surface area contributed by atoms with Crippen molar-refractivity contribution in [3.8, 4) is 0 Å². The van der Waals surface area contributed by atoms with Gasteiger partial charge in [-0.3, -0.25) is 0 Å². The molecule has 1 N–H and O–H groups in total. The number of rotatable bonds is 6. The third-order valence-corrected chi connectivity index (χ3v) is 11.6. The molecule has 0 amide bonds. The van der Waals surface area contributed by atoms with Crippen molar-refractivity contribution >= 4 is 43.2 Å². The Bertz CT molecular complexity index is 1110. The molecule has 1 aromatic carbocycles. The third-order valence-electron chi connectivity index (χ3n) is 7.18. The van der Waals surface area contributed by atoms with Crippen LogP contribution >= 0.6 is 28.0 Å². The Morgan fingerprint density at radius 3 is 2.79 bits per heavy atom. The quantitative estimate of drug-likeness (QED) is 0.368. The number of aliphatic imine (C=N–C) groups is 2. The number of hydrogen-bond acceptors (Lipinski definition) is 5. The number of amidine groups is 1. The van der Waals surface area contributed by atoms with Gasteiger partial charge in [0.1, 0.15) is 0 Å². The first-order valence-corrected chi connectivity index (χ1v) is 19.7. The molecule has 180 valence electrons. The van der Waals surface area contributed by atoms with Crippen LogP contribution in [0.25, 0.3) is 0 Å². The van der Waals surface area contributed by atoms with E-state index in [1.807, 2.05) is 6.07 Å². The molecule has 5 nitrogen and oxygen atoms in total. The van der Waals surface area contributed by atoms with Gasteiger partial charge >= 0.3 is 214 Å². The molecule has 4 aliphatic rings. The first kappa shape index (κ1) is 24.5. The maximum absolute atomic E-state index is 5.12. The molecule has 5 rings (SSSR count). The van der Waals surface area contributed by atoms with Crippen LogP contribution < -0.4 is 22.5 Å². The number of piperidine rings is 1. The summed E-state index contributed by atoms with van der Waals surface area (Å²) in [7, 11) is 2.95. The first-order chi connectivity index (χ1) is 16.5. The van der Waals surface area contributed by atoms with Crippen molar-refractivity contribution in [1.29, 1.82) is 0 Å². The number of nitrogens with zero attached hydrogens (tertiary/aromatic N) is 4. The number of nitrogens with one attached hydrogen (secondary N) is 1. The van der Waals surface area contributed by atoms with Crippen LogP contribution in [0.3, 0.4) is 0 Å². The zero-order chi connectivity index (χ0) is 23.8. The number of benzene rings is 1. The van der Waals surface area contributed by atoms with Gasteiger partial charge in [-0.1, -0.05) is 0 Å². The zero-order valence-corrected chi connectivity index (χ0v) is 24.9. The number of fused-ring (bicyclic) bond motifs is 3. The van der Waals surface area contributed by atoms with Crippen LogP contribution in [0.15, 0.2) is 88.3 Å². The zero-order valence-electron chi connectivity index (χ0n) is 19.4. The summed E-state index contributed by atoms with van der Waals surface area (Å²) in [6.07, 6.45) is 8.14. The molecule has 1 aliphatic carbocycles. The molecule has 0 bridgehead atoms. The van der Waals surface area contributed by atoms with Crippen molar-refractivity contribution in [2.75, 3.05) is 18.4 Å². The molecular weight excluding hydrogens is 667 g/mol. The number of anilines is 1. The second kappa shape index (κ2) is 10.4. The Morgan fingerprint density at radius 1 is 1.29 bits per heavy atom. The molecule has 34 heavy (non-hydrogen) atoms. The van der Waals surface area contributed by atoms with Crippen LogP contribution in [0.5, 0.6) is 0 Å². The Hall–Kier alpha value is -1.19. The average Bonchev–Trinajstić information content (AvgIpc) is 3.45. The van der Waals surface area contributed by atoms with Gasteiger partial charge in [-0.25, -0.2) is 0 Å². The predicted molar refractivity (Wildman–Crippen MR) is 151 cm³/mol. The van der Waals surface area contributed by atoms with Crippen LogP contribution in [0, 0.1) is 11.8 Å². The van der Waals surface area contributed by atoms with E-state index in [0.717, 1.165) is 47.3 Å². The number of para-hydroxylation sites is 1. The SMILES string of the molecule is C=C1/C(=C(\Nc2ccccc2)N(P)CC2C=CC([I-]I)=NC2)C(=C)N2C(=NC3CCC[C@@H]32)C1C. The molecule has 3 heterocycles. The molecule has 5 atom stereocenters. The Balaban J connectivity index is 1.51. The summed E-state index contributed by atoms with van der Waals surface area (Å²) >= 11 is 2.50. The fourth-order valence-corrected chi connectivity index (χ4v) is 8.29. The van der Waals surface area contributed by atoms with Crippen molar-refractivity contribution in [1.82, 2.24) is 9.57 Å². The molecule has 8 heteroatoms. The number of hydrogen-bond donors (Lipinski definition) is 1. The average molecular weight is 698 g/mol. The van der Waals surface area contributed by atoms with Gasteiger partial charge in [0.05, 0.1) is 0 Å². The molecule has 1 saturated carbocycles. The van der Waals surface area contributed by atoms with Crippen LogP contribution in [0.2, 0.25) is 0 Å². The summed E-state index contributed by atoms with van der Waals surface area (Å²) in [5, 5.41) is 3.72. The summed E-state index contributed by atoms with van der Waals surface area (Å²) in [5.74, 6) is 2.73. The van der Waals surface area contributed by atoms with Gasteiger partial charge < -0.3 is 0 Å². The third kappa shape index (κ3) is 4.64. The molecule has 3 aliphatic heterocycles. The predicted octanol–water partition coefficient (Wildman–Crippen LogP) is 2.78. The molecule has 0 spiro atoms. The first-order valence-electron chi connectivity index (χ1n) is 11.8. The summed E-state index contributed by atoms with van der Waals surface area (Å²) in [6, 6.07) is 11.2. The standard InChI is InChI=1S/C26H31I2N5P/c1-16-17(2)25-31-21-10-7-11-22(21)33(25)18(3)24(16)26(30-20-8-5-4-6-9-20)32(34)15-19-12-13-23(28-27)29-14-19/h4-6,8-9,12-13,17,19,21-22,30H,1,3,7,10-11,14-15,34H2,2H3/q-1/b26-24-/t17?,19?,21?,22-/m0/s1. The van der Waals surface area contributed by atoms with Crippen LogP contribution in [0.1, 0.15) is 26.2 Å². The van der Waals surface area contributed by atoms with Crippen molar-refractivity contribution in [3.05, 3.63) is 78.3 Å². The molecule has 0 aromatic heterocycles. The molecule has 1 saturated heterocycles. The molecular formula is C26H31I2N5P-. The molecule has 2 fully saturated rings. The van der Waals surface area contributed by atoms with E-state index >= 15 is 0 Å². The van der Waals surface area contributed by atoms with Crippen molar-refractivity contribution in [2.45, 2.75) is 38.3 Å². The molecule has 0 radical (unpaired) electrons. The van der Waals surface area contributed by atoms with Gasteiger partial charge in [-0.05, 0) is 12.8 Å². The van der Waals surface area contributed by atoms with E-state index in [0.29, 0.717) is 18.0 Å². The summed E-state index contributed by atoms with van der Waals surface area (Å²) in [5.41, 5.74) is 4.27. The molecule has 1 aromatic rings. The fourth-order valence-electron chi connectivity index (χ4n) is 5.38. The Kier molecular flexibility index (Phi) is 7.52. The second-order valence-electron chi connectivity index (χ2n) is 9.34. The minimum absolute atomic E-state index is 0.0128. The Morgan fingerprint density at radius 2 is 2.09 bits per heavy atom. The van der Waals surface area contributed by atoms with E-state index in [4.69, 9.17) is 9.98 Å². The van der Waals surface area contributed by atoms with Gasteiger partial charge in [0.15, 0.2) is 0 Å². The van der Waals surface area contributed by atoms with Gasteiger partial charge in [-0.15, -0.1) is 0 Å². The van der Waals surface area contributed by atoms with E-state index < -0.39 is 0 Å². The van der Waals surface area contributed by atoms with Crippen LogP contribution in [-0.2, 0) is 0 Å². The summed E-state index contributed by atoms with van der Waals surface area (Å²) < 4.78 is 3.53. The van der Waals surface area contributed by atoms with Gasteiger partial charge in [0.25, 0.3) is 0 Å².